The smallest absolute Gasteiger partial charge is 0.225 e. The Labute approximate surface area is 86.1 Å². The summed E-state index contributed by atoms with van der Waals surface area (Å²) in [7, 11) is 0. The number of hydrogen-bond donors (Lipinski definition) is 1. The maximum Gasteiger partial charge on any atom is 0.225 e. The van der Waals surface area contributed by atoms with Gasteiger partial charge in [-0.3, -0.25) is 4.98 Å². The van der Waals surface area contributed by atoms with E-state index in [9.17, 15) is 5.11 Å². The number of aryl methyl sites for hydroxylation is 2. The van der Waals surface area contributed by atoms with E-state index in [1.54, 1.807) is 6.20 Å². The largest absolute Gasteiger partial charge is 0.492 e. The Balaban J connectivity index is 2.44. The highest BCUT2D eigenvalue weighted by Gasteiger charge is 2.07. The maximum absolute atomic E-state index is 9.33. The van der Waals surface area contributed by atoms with Gasteiger partial charge in [0.25, 0.3) is 0 Å². The van der Waals surface area contributed by atoms with Crippen LogP contribution in [0.15, 0.2) is 18.3 Å². The first kappa shape index (κ1) is 9.15. The van der Waals surface area contributed by atoms with Crippen molar-refractivity contribution in [2.45, 2.75) is 13.8 Å². The molecule has 3 nitrogen and oxygen atoms in total. The first-order valence-electron chi connectivity index (χ1n) is 4.26. The number of aromatic hydroxyl groups is 1. The molecule has 0 spiro atoms. The van der Waals surface area contributed by atoms with Crippen LogP contribution >= 0.6 is 11.3 Å². The fraction of sp³-hybridized carbons (Fsp3) is 0.200. The lowest BCUT2D eigenvalue weighted by Gasteiger charge is -1.94. The van der Waals surface area contributed by atoms with Crippen LogP contribution < -0.4 is 0 Å². The third-order valence-electron chi connectivity index (χ3n) is 1.93. The average Bonchev–Trinajstić information content (AvgIpc) is 2.48. The lowest BCUT2D eigenvalue weighted by Crippen LogP contribution is -1.81. The molecule has 14 heavy (non-hydrogen) atoms. The second-order valence-electron chi connectivity index (χ2n) is 3.09. The highest BCUT2D eigenvalue weighted by Crippen LogP contribution is 2.30. The zero-order valence-corrected chi connectivity index (χ0v) is 8.80. The summed E-state index contributed by atoms with van der Waals surface area (Å²) in [5.74, 6) is 0.116. The molecule has 0 amide bonds. The second kappa shape index (κ2) is 3.38. The molecule has 0 radical (unpaired) electrons. The van der Waals surface area contributed by atoms with Crippen molar-refractivity contribution in [1.82, 2.24) is 9.97 Å². The lowest BCUT2D eigenvalue weighted by atomic mass is 10.3. The van der Waals surface area contributed by atoms with E-state index in [0.717, 1.165) is 21.1 Å². The summed E-state index contributed by atoms with van der Waals surface area (Å²) in [5.41, 5.74) is 1.93. The minimum absolute atomic E-state index is 0.116. The maximum atomic E-state index is 9.33. The minimum Gasteiger partial charge on any atom is -0.492 e. The van der Waals surface area contributed by atoms with Gasteiger partial charge in [0.2, 0.25) is 5.88 Å². The summed E-state index contributed by atoms with van der Waals surface area (Å²) >= 11 is 1.47. The molecular weight excluding hydrogens is 196 g/mol. The number of pyridine rings is 1. The average molecular weight is 206 g/mol. The van der Waals surface area contributed by atoms with Gasteiger partial charge in [-0.05, 0) is 26.0 Å². The van der Waals surface area contributed by atoms with Crippen LogP contribution in [0.2, 0.25) is 0 Å². The van der Waals surface area contributed by atoms with Crippen LogP contribution in [0.4, 0.5) is 0 Å². The predicted molar refractivity (Wildman–Crippen MR) is 56.5 cm³/mol. The Morgan fingerprint density at radius 2 is 2.07 bits per heavy atom. The van der Waals surface area contributed by atoms with Crippen LogP contribution in [0.1, 0.15) is 10.6 Å². The van der Waals surface area contributed by atoms with E-state index in [4.69, 9.17) is 0 Å². The summed E-state index contributed by atoms with van der Waals surface area (Å²) in [6, 6.07) is 3.89. The molecule has 72 valence electrons. The normalized spacial score (nSPS) is 10.4. The highest BCUT2D eigenvalue weighted by molar-refractivity contribution is 7.15. The van der Waals surface area contributed by atoms with Crippen molar-refractivity contribution in [2.75, 3.05) is 0 Å². The highest BCUT2D eigenvalue weighted by atomic mass is 32.1. The van der Waals surface area contributed by atoms with Crippen LogP contribution in [-0.4, -0.2) is 15.1 Å². The van der Waals surface area contributed by atoms with Gasteiger partial charge in [0.05, 0.1) is 4.88 Å². The van der Waals surface area contributed by atoms with Gasteiger partial charge in [-0.25, -0.2) is 4.98 Å². The number of thiazole rings is 1. The number of rotatable bonds is 1. The molecule has 0 bridgehead atoms. The molecule has 2 aromatic rings. The van der Waals surface area contributed by atoms with Gasteiger partial charge < -0.3 is 5.11 Å². The van der Waals surface area contributed by atoms with E-state index in [1.165, 1.54) is 11.3 Å². The van der Waals surface area contributed by atoms with E-state index in [0.29, 0.717) is 0 Å². The van der Waals surface area contributed by atoms with Crippen LogP contribution in [0, 0.1) is 13.8 Å². The van der Waals surface area contributed by atoms with Crippen molar-refractivity contribution in [3.8, 4) is 16.5 Å². The van der Waals surface area contributed by atoms with Crippen LogP contribution in [0.3, 0.4) is 0 Å². The molecule has 0 saturated heterocycles. The van der Waals surface area contributed by atoms with Gasteiger partial charge in [0.15, 0.2) is 0 Å². The molecule has 0 atom stereocenters. The number of hydrogen-bond acceptors (Lipinski definition) is 4. The molecule has 0 saturated carbocycles. The van der Waals surface area contributed by atoms with Crippen molar-refractivity contribution < 1.29 is 5.11 Å². The predicted octanol–water partition coefficient (Wildman–Crippen LogP) is 2.53. The van der Waals surface area contributed by atoms with E-state index in [-0.39, 0.29) is 5.88 Å². The van der Waals surface area contributed by atoms with Gasteiger partial charge in [-0.2, -0.15) is 0 Å². The van der Waals surface area contributed by atoms with Crippen molar-refractivity contribution >= 4 is 11.3 Å². The van der Waals surface area contributed by atoms with Crippen molar-refractivity contribution in [1.29, 1.82) is 0 Å². The topological polar surface area (TPSA) is 46.0 Å². The summed E-state index contributed by atoms with van der Waals surface area (Å²) in [6.45, 7) is 3.78. The Kier molecular flexibility index (Phi) is 2.21. The Hall–Kier alpha value is -1.42. The van der Waals surface area contributed by atoms with Crippen LogP contribution in [-0.2, 0) is 0 Å². The molecule has 0 aliphatic carbocycles. The number of aromatic nitrogens is 2. The van der Waals surface area contributed by atoms with Crippen LogP contribution in [0.5, 0.6) is 5.88 Å². The molecule has 0 aliphatic rings. The van der Waals surface area contributed by atoms with Crippen molar-refractivity contribution in [3.63, 3.8) is 0 Å². The first-order chi connectivity index (χ1) is 6.66. The molecule has 0 fully saturated rings. The SMILES string of the molecule is Cc1ccc(-c2nc(O)c(C)s2)cn1. The lowest BCUT2D eigenvalue weighted by molar-refractivity contribution is 0.454. The first-order valence-corrected chi connectivity index (χ1v) is 5.08. The molecule has 0 unspecified atom stereocenters. The monoisotopic (exact) mass is 206 g/mol. The molecule has 0 aromatic carbocycles. The Bertz CT molecular complexity index is 428. The minimum atomic E-state index is 0.116. The molecule has 4 heteroatoms. The van der Waals surface area contributed by atoms with E-state index < -0.39 is 0 Å². The van der Waals surface area contributed by atoms with E-state index >= 15 is 0 Å². The third-order valence-corrected chi connectivity index (χ3v) is 2.94. The van der Waals surface area contributed by atoms with Crippen LogP contribution in [0.25, 0.3) is 10.6 Å². The second-order valence-corrected chi connectivity index (χ2v) is 4.29. The van der Waals surface area contributed by atoms with Gasteiger partial charge in [-0.1, -0.05) is 0 Å². The molecule has 2 rings (SSSR count). The van der Waals surface area contributed by atoms with Gasteiger partial charge in [0.1, 0.15) is 5.01 Å². The summed E-state index contributed by atoms with van der Waals surface area (Å²) < 4.78 is 0. The van der Waals surface area contributed by atoms with Gasteiger partial charge >= 0.3 is 0 Å². The third kappa shape index (κ3) is 1.61. The quantitative estimate of drug-likeness (QED) is 0.779. The summed E-state index contributed by atoms with van der Waals surface area (Å²) in [6.07, 6.45) is 1.77. The molecule has 1 N–H and O–H groups in total. The summed E-state index contributed by atoms with van der Waals surface area (Å²) in [4.78, 5) is 9.06. The zero-order chi connectivity index (χ0) is 10.1. The van der Waals surface area contributed by atoms with Gasteiger partial charge in [0, 0.05) is 17.5 Å². The van der Waals surface area contributed by atoms with E-state index in [2.05, 4.69) is 9.97 Å². The molecule has 2 heterocycles. The summed E-state index contributed by atoms with van der Waals surface area (Å²) in [5, 5.41) is 10.1. The standard InChI is InChI=1S/C10H10N2OS/c1-6-3-4-8(5-11-6)10-12-9(13)7(2)14-10/h3-5,13H,1-2H3. The van der Waals surface area contributed by atoms with Crippen molar-refractivity contribution in [3.05, 3.63) is 28.9 Å². The van der Waals surface area contributed by atoms with Gasteiger partial charge in [-0.15, -0.1) is 11.3 Å². The Morgan fingerprint density at radius 1 is 1.29 bits per heavy atom. The molecule has 2 aromatic heterocycles. The van der Waals surface area contributed by atoms with Crippen molar-refractivity contribution in [2.24, 2.45) is 0 Å². The van der Waals surface area contributed by atoms with E-state index in [1.807, 2.05) is 26.0 Å². The Morgan fingerprint density at radius 3 is 2.57 bits per heavy atom. The fourth-order valence-electron chi connectivity index (χ4n) is 1.11. The molecule has 0 aliphatic heterocycles. The molecular formula is C10H10N2OS. The zero-order valence-electron chi connectivity index (χ0n) is 7.98. The number of nitrogens with zero attached hydrogens (tertiary/aromatic N) is 2. The fourth-order valence-corrected chi connectivity index (χ4v) is 1.90.